The predicted molar refractivity (Wildman–Crippen MR) is 143 cm³/mol. The molecule has 8 nitrogen and oxygen atoms in total. The molecule has 1 fully saturated rings. The Morgan fingerprint density at radius 3 is 2.59 bits per heavy atom. The van der Waals surface area contributed by atoms with Crippen molar-refractivity contribution < 1.29 is 31.8 Å². The van der Waals surface area contributed by atoms with Gasteiger partial charge in [0.15, 0.2) is 0 Å². The Hall–Kier alpha value is -2.81. The van der Waals surface area contributed by atoms with Gasteiger partial charge in [0.25, 0.3) is 0 Å². The number of pyridine rings is 2. The van der Waals surface area contributed by atoms with Crippen molar-refractivity contribution in [2.45, 2.75) is 35.9 Å². The van der Waals surface area contributed by atoms with Crippen LogP contribution in [0.5, 0.6) is 0 Å². The maximum Gasteiger partial charge on any atom is 0.423 e. The highest BCUT2D eigenvalue weighted by molar-refractivity contribution is 7.90. The van der Waals surface area contributed by atoms with Crippen molar-refractivity contribution in [1.82, 2.24) is 14.7 Å². The first-order valence-electron chi connectivity index (χ1n) is 11.7. The van der Waals surface area contributed by atoms with Crippen LogP contribution in [0.3, 0.4) is 0 Å². The molecule has 5 rings (SSSR count). The van der Waals surface area contributed by atoms with E-state index in [1.807, 2.05) is 0 Å². The van der Waals surface area contributed by atoms with Gasteiger partial charge in [-0.25, -0.2) is 18.1 Å². The van der Waals surface area contributed by atoms with E-state index >= 15 is 0 Å². The monoisotopic (exact) mass is 598 g/mol. The first kappa shape index (κ1) is 27.7. The molecule has 0 saturated heterocycles. The summed E-state index contributed by atoms with van der Waals surface area (Å²) in [6.07, 6.45) is -2.93. The minimum Gasteiger partial charge on any atom is -0.393 e. The van der Waals surface area contributed by atoms with E-state index in [1.165, 1.54) is 23.5 Å². The van der Waals surface area contributed by atoms with E-state index in [4.69, 9.17) is 17.3 Å². The molecule has 3 heterocycles. The van der Waals surface area contributed by atoms with Gasteiger partial charge in [0.2, 0.25) is 15.6 Å². The first-order chi connectivity index (χ1) is 18.3. The highest BCUT2D eigenvalue weighted by Crippen LogP contribution is 2.43. The third kappa shape index (κ3) is 5.22. The molecule has 3 aromatic heterocycles. The zero-order valence-electron chi connectivity index (χ0n) is 20.0. The van der Waals surface area contributed by atoms with Crippen LogP contribution in [0.1, 0.15) is 35.0 Å². The number of nitrogens with one attached hydrogen (secondary N) is 1. The lowest BCUT2D eigenvalue weighted by Gasteiger charge is -2.29. The van der Waals surface area contributed by atoms with Crippen LogP contribution in [0.25, 0.3) is 21.3 Å². The zero-order chi connectivity index (χ0) is 28.2. The molecule has 0 unspecified atom stereocenters. The van der Waals surface area contributed by atoms with E-state index < -0.39 is 45.3 Å². The third-order valence-electron chi connectivity index (χ3n) is 6.47. The number of thiophene rings is 1. The molecule has 14 heteroatoms. The molecule has 206 valence electrons. The number of benzene rings is 1. The molecule has 0 bridgehead atoms. The van der Waals surface area contributed by atoms with Crippen molar-refractivity contribution in [3.05, 3.63) is 75.9 Å². The number of sulfonamides is 1. The summed E-state index contributed by atoms with van der Waals surface area (Å²) in [6.45, 7) is -1.57. The lowest BCUT2D eigenvalue weighted by molar-refractivity contribution is -0.277. The number of aliphatic hydroxyl groups is 2. The number of nitrogens with two attached hydrogens (primary N) is 1. The summed E-state index contributed by atoms with van der Waals surface area (Å²) in [6, 6.07) is 10.9. The van der Waals surface area contributed by atoms with Gasteiger partial charge in [-0.3, -0.25) is 4.98 Å². The minimum atomic E-state index is -5.13. The molecule has 0 aliphatic heterocycles. The second-order valence-electron chi connectivity index (χ2n) is 9.22. The summed E-state index contributed by atoms with van der Waals surface area (Å²) in [5, 5.41) is 20.0. The van der Waals surface area contributed by atoms with Gasteiger partial charge >= 0.3 is 6.18 Å². The Labute approximate surface area is 230 Å². The van der Waals surface area contributed by atoms with Gasteiger partial charge in [-0.1, -0.05) is 29.8 Å². The number of alkyl halides is 3. The number of hydrogen-bond donors (Lipinski definition) is 4. The summed E-state index contributed by atoms with van der Waals surface area (Å²) in [7, 11) is -3.70. The standard InChI is InChI=1S/C25H22ClF3N4O4S2/c26-17-6-7-20(30)32-21(17)22(33-39(36,37)15-4-5-15)19-10-13-2-1-3-16(23(13)38-19)18-11-14(8-9-31-18)24(35,12-34)25(27,28)29/h1-3,6-11,15,22,33-35H,4-5,12H2,(H2,30,32)/t22-,24+/m0/s1. The Bertz CT molecular complexity index is 1660. The number of nitrogens with zero attached hydrogens (tertiary/aromatic N) is 2. The van der Waals surface area contributed by atoms with Crippen molar-refractivity contribution in [1.29, 1.82) is 0 Å². The molecule has 1 aliphatic carbocycles. The van der Waals surface area contributed by atoms with E-state index in [0.717, 1.165) is 18.3 Å². The number of anilines is 1. The molecule has 1 aliphatic rings. The van der Waals surface area contributed by atoms with Crippen LogP contribution in [0.15, 0.2) is 54.7 Å². The average molecular weight is 599 g/mol. The number of hydrogen-bond acceptors (Lipinski definition) is 8. The number of rotatable bonds is 8. The Balaban J connectivity index is 1.64. The number of halogens is 4. The highest BCUT2D eigenvalue weighted by atomic mass is 35.5. The van der Waals surface area contributed by atoms with Crippen molar-refractivity contribution in [3.63, 3.8) is 0 Å². The van der Waals surface area contributed by atoms with Crippen LogP contribution < -0.4 is 10.5 Å². The topological polar surface area (TPSA) is 138 Å². The van der Waals surface area contributed by atoms with Gasteiger partial charge < -0.3 is 15.9 Å². The fourth-order valence-electron chi connectivity index (χ4n) is 4.17. The molecule has 1 aromatic carbocycles. The third-order valence-corrected chi connectivity index (χ3v) is 9.95. The summed E-state index contributed by atoms with van der Waals surface area (Å²) in [5.41, 5.74) is 2.62. The lowest BCUT2D eigenvalue weighted by atomic mass is 9.93. The molecule has 0 amide bonds. The van der Waals surface area contributed by atoms with Crippen LogP contribution in [0, 0.1) is 0 Å². The number of aliphatic hydroxyl groups excluding tert-OH is 1. The summed E-state index contributed by atoms with van der Waals surface area (Å²) in [4.78, 5) is 9.02. The van der Waals surface area contributed by atoms with Gasteiger partial charge in [-0.2, -0.15) is 13.2 Å². The normalized spacial score (nSPS) is 16.8. The molecule has 0 spiro atoms. The quantitative estimate of drug-likeness (QED) is 0.234. The number of aromatic nitrogens is 2. The van der Waals surface area contributed by atoms with Crippen molar-refractivity contribution in [2.24, 2.45) is 0 Å². The molecular weight excluding hydrogens is 577 g/mol. The second kappa shape index (κ2) is 9.98. The molecular formula is C25H22ClF3N4O4S2. The minimum absolute atomic E-state index is 0.123. The average Bonchev–Trinajstić information content (AvgIpc) is 3.67. The largest absolute Gasteiger partial charge is 0.423 e. The molecule has 0 radical (unpaired) electrons. The van der Waals surface area contributed by atoms with Crippen LogP contribution in [0.4, 0.5) is 19.0 Å². The van der Waals surface area contributed by atoms with E-state index in [2.05, 4.69) is 14.7 Å². The predicted octanol–water partition coefficient (Wildman–Crippen LogP) is 4.51. The van der Waals surface area contributed by atoms with Crippen LogP contribution in [-0.4, -0.2) is 46.6 Å². The summed E-state index contributed by atoms with van der Waals surface area (Å²) < 4.78 is 69.9. The van der Waals surface area contributed by atoms with Crippen molar-refractivity contribution >= 4 is 48.9 Å². The van der Waals surface area contributed by atoms with E-state index in [9.17, 15) is 31.8 Å². The smallest absolute Gasteiger partial charge is 0.393 e. The number of fused-ring (bicyclic) bond motifs is 1. The van der Waals surface area contributed by atoms with Crippen LogP contribution in [0.2, 0.25) is 5.02 Å². The van der Waals surface area contributed by atoms with Crippen LogP contribution >= 0.6 is 22.9 Å². The van der Waals surface area contributed by atoms with Gasteiger partial charge in [-0.05, 0) is 54.1 Å². The fraction of sp³-hybridized carbons (Fsp3) is 0.280. The van der Waals surface area contributed by atoms with Crippen molar-refractivity contribution in [2.75, 3.05) is 12.3 Å². The van der Waals surface area contributed by atoms with Gasteiger partial charge in [-0.15, -0.1) is 11.3 Å². The number of nitrogen functional groups attached to an aromatic ring is 1. The van der Waals surface area contributed by atoms with Crippen LogP contribution in [-0.2, 0) is 15.6 Å². The van der Waals surface area contributed by atoms with Gasteiger partial charge in [0.05, 0.1) is 34.3 Å². The maximum atomic E-state index is 13.6. The zero-order valence-corrected chi connectivity index (χ0v) is 22.4. The molecule has 5 N–H and O–H groups in total. The van der Waals surface area contributed by atoms with E-state index in [0.29, 0.717) is 33.4 Å². The van der Waals surface area contributed by atoms with E-state index in [1.54, 1.807) is 24.3 Å². The maximum absolute atomic E-state index is 13.6. The SMILES string of the molecule is Nc1ccc(Cl)c([C@@H](NS(=O)(=O)C2CC2)c2cc3cccc(-c4cc([C@](O)(CO)C(F)(F)F)ccn4)c3s2)n1. The van der Waals surface area contributed by atoms with Crippen molar-refractivity contribution in [3.8, 4) is 11.3 Å². The first-order valence-corrected chi connectivity index (χ1v) is 14.4. The highest BCUT2D eigenvalue weighted by Gasteiger charge is 2.55. The van der Waals surface area contributed by atoms with E-state index in [-0.39, 0.29) is 22.2 Å². The lowest BCUT2D eigenvalue weighted by Crippen LogP contribution is -2.45. The molecule has 4 aromatic rings. The molecule has 2 atom stereocenters. The molecule has 1 saturated carbocycles. The van der Waals surface area contributed by atoms with Gasteiger partial charge in [0.1, 0.15) is 5.82 Å². The van der Waals surface area contributed by atoms with Gasteiger partial charge in [0, 0.05) is 21.3 Å². The summed E-state index contributed by atoms with van der Waals surface area (Å²) >= 11 is 7.60. The fourth-order valence-corrected chi connectivity index (χ4v) is 7.21. The molecule has 39 heavy (non-hydrogen) atoms. The Morgan fingerprint density at radius 1 is 1.18 bits per heavy atom. The Kier molecular flexibility index (Phi) is 7.10. The summed E-state index contributed by atoms with van der Waals surface area (Å²) in [5.74, 6) is 0.147. The Morgan fingerprint density at radius 2 is 1.92 bits per heavy atom. The second-order valence-corrected chi connectivity index (χ2v) is 12.7.